The summed E-state index contributed by atoms with van der Waals surface area (Å²) >= 11 is 0. The van der Waals surface area contributed by atoms with E-state index in [1.807, 2.05) is 24.3 Å². The highest BCUT2D eigenvalue weighted by Crippen LogP contribution is 2.18. The first-order chi connectivity index (χ1) is 12.5. The van der Waals surface area contributed by atoms with Crippen molar-refractivity contribution in [3.05, 3.63) is 29.8 Å². The van der Waals surface area contributed by atoms with Gasteiger partial charge in [-0.25, -0.2) is 0 Å². The molecule has 1 aromatic carbocycles. The van der Waals surface area contributed by atoms with Crippen LogP contribution < -0.4 is 10.5 Å². The third-order valence-corrected chi connectivity index (χ3v) is 4.98. The second kappa shape index (κ2) is 13.1. The van der Waals surface area contributed by atoms with E-state index in [0.29, 0.717) is 12.8 Å². The maximum atomic E-state index is 9.24. The van der Waals surface area contributed by atoms with Crippen LogP contribution in [0.25, 0.3) is 0 Å². The predicted molar refractivity (Wildman–Crippen MR) is 108 cm³/mol. The number of benzene rings is 1. The summed E-state index contributed by atoms with van der Waals surface area (Å²) in [5, 5.41) is 18.5. The molecule has 0 radical (unpaired) electrons. The van der Waals surface area contributed by atoms with Gasteiger partial charge in [0.25, 0.3) is 0 Å². The number of aliphatic hydroxyl groups excluding tert-OH is 1. The normalized spacial score (nSPS) is 13.8. The molecule has 1 rings (SSSR count). The molecule has 0 saturated heterocycles. The summed E-state index contributed by atoms with van der Waals surface area (Å²) in [5.74, 6) is 0.894. The molecule has 0 heterocycles. The fourth-order valence-electron chi connectivity index (χ4n) is 2.90. The molecule has 4 N–H and O–H groups in total. The molecule has 0 aromatic heterocycles. The highest BCUT2D eigenvalue weighted by atomic mass is 16.5. The first kappa shape index (κ1) is 22.9. The van der Waals surface area contributed by atoms with E-state index in [-0.39, 0.29) is 0 Å². The minimum Gasteiger partial charge on any atom is -0.494 e. The molecule has 4 nitrogen and oxygen atoms in total. The van der Waals surface area contributed by atoms with Gasteiger partial charge in [0.2, 0.25) is 0 Å². The number of aryl methyl sites for hydroxylation is 1. The van der Waals surface area contributed by atoms with Gasteiger partial charge in [0.05, 0.1) is 12.1 Å². The van der Waals surface area contributed by atoms with Crippen molar-refractivity contribution in [2.45, 2.75) is 96.3 Å². The van der Waals surface area contributed by atoms with Crippen LogP contribution in [0.5, 0.6) is 5.75 Å². The summed E-state index contributed by atoms with van der Waals surface area (Å²) in [5.41, 5.74) is 6.00. The Morgan fingerprint density at radius 1 is 0.923 bits per heavy atom. The number of rotatable bonds is 15. The van der Waals surface area contributed by atoms with Crippen molar-refractivity contribution in [1.29, 1.82) is 0 Å². The van der Waals surface area contributed by atoms with Crippen LogP contribution >= 0.6 is 0 Å². The molecule has 1 atom stereocenters. The largest absolute Gasteiger partial charge is 0.494 e. The molecular weight excluding hydrogens is 326 g/mol. The molecule has 0 spiro atoms. The van der Waals surface area contributed by atoms with E-state index < -0.39 is 11.8 Å². The van der Waals surface area contributed by atoms with E-state index in [0.717, 1.165) is 24.3 Å². The Morgan fingerprint density at radius 2 is 1.46 bits per heavy atom. The Kier molecular flexibility index (Phi) is 11.6. The van der Waals surface area contributed by atoms with Crippen molar-refractivity contribution in [3.63, 3.8) is 0 Å². The zero-order valence-corrected chi connectivity index (χ0v) is 16.8. The van der Waals surface area contributed by atoms with Crippen LogP contribution in [0.3, 0.4) is 0 Å². The Bertz CT molecular complexity index is 457. The molecule has 0 aliphatic rings. The second-order valence-corrected chi connectivity index (χ2v) is 7.70. The molecule has 1 unspecified atom stereocenters. The van der Waals surface area contributed by atoms with Crippen molar-refractivity contribution >= 4 is 0 Å². The fourth-order valence-corrected chi connectivity index (χ4v) is 2.90. The smallest absolute Gasteiger partial charge is 0.169 e. The zero-order valence-electron chi connectivity index (χ0n) is 16.8. The SMILES string of the molecule is CCCCCCCCCCCOc1ccc(CCC(C)(N)C(O)O)cc1. The highest BCUT2D eigenvalue weighted by molar-refractivity contribution is 5.27. The summed E-state index contributed by atoms with van der Waals surface area (Å²) in [4.78, 5) is 0. The lowest BCUT2D eigenvalue weighted by Gasteiger charge is -2.26. The van der Waals surface area contributed by atoms with Crippen LogP contribution in [0.4, 0.5) is 0 Å². The van der Waals surface area contributed by atoms with Crippen molar-refractivity contribution in [2.75, 3.05) is 6.61 Å². The molecule has 1 aromatic rings. The van der Waals surface area contributed by atoms with Gasteiger partial charge in [-0.2, -0.15) is 0 Å². The van der Waals surface area contributed by atoms with Gasteiger partial charge in [-0.1, -0.05) is 70.4 Å². The molecule has 4 heteroatoms. The number of nitrogens with two attached hydrogens (primary N) is 1. The van der Waals surface area contributed by atoms with E-state index in [9.17, 15) is 10.2 Å². The minimum atomic E-state index is -1.50. The van der Waals surface area contributed by atoms with Crippen LogP contribution in [0.2, 0.25) is 0 Å². The number of ether oxygens (including phenoxy) is 1. The lowest BCUT2D eigenvalue weighted by molar-refractivity contribution is -0.0927. The van der Waals surface area contributed by atoms with Crippen LogP contribution in [-0.4, -0.2) is 28.6 Å². The molecule has 0 aliphatic heterocycles. The lowest BCUT2D eigenvalue weighted by Crippen LogP contribution is -2.48. The maximum absolute atomic E-state index is 9.24. The molecular formula is C22H39NO3. The molecule has 0 fully saturated rings. The van der Waals surface area contributed by atoms with E-state index in [4.69, 9.17) is 10.5 Å². The van der Waals surface area contributed by atoms with Gasteiger partial charge < -0.3 is 20.7 Å². The number of unbranched alkanes of at least 4 members (excludes halogenated alkanes) is 8. The number of hydrogen-bond acceptors (Lipinski definition) is 4. The first-order valence-corrected chi connectivity index (χ1v) is 10.3. The average Bonchev–Trinajstić information content (AvgIpc) is 2.62. The molecule has 0 amide bonds. The first-order valence-electron chi connectivity index (χ1n) is 10.3. The predicted octanol–water partition coefficient (Wildman–Crippen LogP) is 4.56. The van der Waals surface area contributed by atoms with Crippen molar-refractivity contribution in [1.82, 2.24) is 0 Å². The van der Waals surface area contributed by atoms with Crippen LogP contribution in [0.15, 0.2) is 24.3 Å². The molecule has 150 valence electrons. The molecule has 26 heavy (non-hydrogen) atoms. The third-order valence-electron chi connectivity index (χ3n) is 4.98. The van der Waals surface area contributed by atoms with Gasteiger partial charge in [-0.15, -0.1) is 0 Å². The third kappa shape index (κ3) is 10.1. The van der Waals surface area contributed by atoms with Gasteiger partial charge >= 0.3 is 0 Å². The quantitative estimate of drug-likeness (QED) is 0.315. The second-order valence-electron chi connectivity index (χ2n) is 7.70. The summed E-state index contributed by atoms with van der Waals surface area (Å²) in [6.07, 6.45) is 11.6. The van der Waals surface area contributed by atoms with E-state index >= 15 is 0 Å². The van der Waals surface area contributed by atoms with Crippen molar-refractivity contribution in [3.8, 4) is 5.75 Å². The maximum Gasteiger partial charge on any atom is 0.169 e. The topological polar surface area (TPSA) is 75.7 Å². The van der Waals surface area contributed by atoms with E-state index in [2.05, 4.69) is 6.92 Å². The van der Waals surface area contributed by atoms with Crippen LogP contribution in [0.1, 0.15) is 83.6 Å². The Balaban J connectivity index is 2.10. The van der Waals surface area contributed by atoms with E-state index in [1.54, 1.807) is 6.92 Å². The standard InChI is InChI=1S/C22H39NO3/c1-3-4-5-6-7-8-9-10-11-18-26-20-14-12-19(13-15-20)16-17-22(2,23)21(24)25/h12-15,21,24-25H,3-11,16-18,23H2,1-2H3. The highest BCUT2D eigenvalue weighted by Gasteiger charge is 2.26. The lowest BCUT2D eigenvalue weighted by atomic mass is 9.94. The fraction of sp³-hybridized carbons (Fsp3) is 0.727. The van der Waals surface area contributed by atoms with Crippen LogP contribution in [-0.2, 0) is 6.42 Å². The Labute approximate surface area is 159 Å². The average molecular weight is 366 g/mol. The van der Waals surface area contributed by atoms with Crippen molar-refractivity contribution in [2.24, 2.45) is 5.73 Å². The van der Waals surface area contributed by atoms with Gasteiger partial charge in [0, 0.05) is 0 Å². The van der Waals surface area contributed by atoms with E-state index in [1.165, 1.54) is 51.4 Å². The summed E-state index contributed by atoms with van der Waals surface area (Å²) < 4.78 is 5.80. The van der Waals surface area contributed by atoms with Gasteiger partial charge in [-0.05, 0) is 43.9 Å². The Hall–Kier alpha value is -1.10. The minimum absolute atomic E-state index is 0.517. The zero-order chi connectivity index (χ0) is 19.3. The molecule has 0 bridgehead atoms. The van der Waals surface area contributed by atoms with Crippen molar-refractivity contribution < 1.29 is 14.9 Å². The molecule has 0 saturated carbocycles. The van der Waals surface area contributed by atoms with Gasteiger partial charge in [-0.3, -0.25) is 0 Å². The summed E-state index contributed by atoms with van der Waals surface area (Å²) in [7, 11) is 0. The number of aliphatic hydroxyl groups is 2. The summed E-state index contributed by atoms with van der Waals surface area (Å²) in [6.45, 7) is 4.68. The Morgan fingerprint density at radius 3 is 2.00 bits per heavy atom. The number of hydrogen-bond donors (Lipinski definition) is 3. The van der Waals surface area contributed by atoms with Crippen LogP contribution in [0, 0.1) is 0 Å². The summed E-state index contributed by atoms with van der Waals surface area (Å²) in [6, 6.07) is 8.00. The van der Waals surface area contributed by atoms with Gasteiger partial charge in [0.15, 0.2) is 6.29 Å². The van der Waals surface area contributed by atoms with Gasteiger partial charge in [0.1, 0.15) is 5.75 Å². The monoisotopic (exact) mass is 365 g/mol. The molecule has 0 aliphatic carbocycles.